The van der Waals surface area contributed by atoms with Crippen molar-refractivity contribution in [2.24, 2.45) is 5.73 Å². The zero-order chi connectivity index (χ0) is 15.6. The van der Waals surface area contributed by atoms with Gasteiger partial charge in [-0.2, -0.15) is 0 Å². The van der Waals surface area contributed by atoms with Crippen LogP contribution in [0, 0.1) is 0 Å². The van der Waals surface area contributed by atoms with Crippen LogP contribution in [0.5, 0.6) is 0 Å². The third kappa shape index (κ3) is 2.70. The van der Waals surface area contributed by atoms with Crippen molar-refractivity contribution < 1.29 is 4.84 Å². The van der Waals surface area contributed by atoms with E-state index in [9.17, 15) is 0 Å². The molecule has 114 valence electrons. The normalized spacial score (nSPS) is 17.5. The minimum Gasteiger partial charge on any atom is -0.301 e. The van der Waals surface area contributed by atoms with Gasteiger partial charge in [-0.05, 0) is 34.5 Å². The van der Waals surface area contributed by atoms with Crippen LogP contribution in [-0.4, -0.2) is 16.3 Å². The molecule has 4 heteroatoms. The highest BCUT2D eigenvalue weighted by Gasteiger charge is 2.24. The number of benzene rings is 2. The summed E-state index contributed by atoms with van der Waals surface area (Å²) >= 11 is 0. The first-order valence-electron chi connectivity index (χ1n) is 7.60. The minimum atomic E-state index is -0.430. The third-order valence-corrected chi connectivity index (χ3v) is 3.99. The van der Waals surface area contributed by atoms with E-state index >= 15 is 0 Å². The topological polar surface area (TPSA) is 51.4 Å². The molecule has 1 unspecified atom stereocenters. The highest BCUT2D eigenvalue weighted by atomic mass is 16.7. The Morgan fingerprint density at radius 3 is 2.78 bits per heavy atom. The molecule has 1 aromatic heterocycles. The van der Waals surface area contributed by atoms with Crippen LogP contribution >= 0.6 is 0 Å². The molecule has 0 amide bonds. The van der Waals surface area contributed by atoms with Gasteiger partial charge in [0, 0.05) is 18.0 Å². The standard InChI is InChI=1S/C19H17N3O/c20-19-11-18(15-8-4-10-21-12-15)22(23-19)13-16-7-3-6-14-5-1-2-9-17(14)16/h1-12,19H,13,20H2. The second kappa shape index (κ2) is 5.83. The largest absolute Gasteiger partial charge is 0.301 e. The maximum atomic E-state index is 5.96. The number of hydrogen-bond donors (Lipinski definition) is 1. The summed E-state index contributed by atoms with van der Waals surface area (Å²) < 4.78 is 0. The molecule has 2 heterocycles. The van der Waals surface area contributed by atoms with Crippen molar-refractivity contribution in [2.75, 3.05) is 0 Å². The highest BCUT2D eigenvalue weighted by molar-refractivity contribution is 5.85. The lowest BCUT2D eigenvalue weighted by Gasteiger charge is -2.22. The second-order valence-electron chi connectivity index (χ2n) is 5.54. The molecule has 4 nitrogen and oxygen atoms in total. The van der Waals surface area contributed by atoms with Gasteiger partial charge in [-0.25, -0.2) is 9.90 Å². The molecular weight excluding hydrogens is 286 g/mol. The second-order valence-corrected chi connectivity index (χ2v) is 5.54. The van der Waals surface area contributed by atoms with E-state index in [0.717, 1.165) is 11.3 Å². The van der Waals surface area contributed by atoms with Gasteiger partial charge in [-0.1, -0.05) is 42.5 Å². The third-order valence-electron chi connectivity index (χ3n) is 3.99. The Morgan fingerprint density at radius 1 is 1.04 bits per heavy atom. The molecule has 3 aromatic rings. The van der Waals surface area contributed by atoms with Crippen molar-refractivity contribution in [1.82, 2.24) is 10.0 Å². The molecule has 23 heavy (non-hydrogen) atoms. The van der Waals surface area contributed by atoms with Crippen LogP contribution in [0.15, 0.2) is 73.1 Å². The molecule has 1 atom stereocenters. The Kier molecular flexibility index (Phi) is 3.54. The van der Waals surface area contributed by atoms with Crippen LogP contribution < -0.4 is 5.73 Å². The molecule has 2 N–H and O–H groups in total. The molecule has 0 aliphatic carbocycles. The number of hydrogen-bond acceptors (Lipinski definition) is 4. The van der Waals surface area contributed by atoms with Crippen molar-refractivity contribution in [1.29, 1.82) is 0 Å². The predicted octanol–water partition coefficient (Wildman–Crippen LogP) is 3.31. The van der Waals surface area contributed by atoms with Crippen molar-refractivity contribution in [3.05, 3.63) is 84.2 Å². The summed E-state index contributed by atoms with van der Waals surface area (Å²) in [6.07, 6.45) is 5.07. The lowest BCUT2D eigenvalue weighted by molar-refractivity contribution is -0.125. The fraction of sp³-hybridized carbons (Fsp3) is 0.105. The minimum absolute atomic E-state index is 0.430. The smallest absolute Gasteiger partial charge is 0.155 e. The summed E-state index contributed by atoms with van der Waals surface area (Å²) in [7, 11) is 0. The first kappa shape index (κ1) is 13.9. The molecular formula is C19H17N3O. The van der Waals surface area contributed by atoms with Gasteiger partial charge in [0.1, 0.15) is 0 Å². The van der Waals surface area contributed by atoms with Crippen molar-refractivity contribution in [3.8, 4) is 0 Å². The molecule has 4 rings (SSSR count). The van der Waals surface area contributed by atoms with Gasteiger partial charge >= 0.3 is 0 Å². The molecule has 1 aliphatic rings. The van der Waals surface area contributed by atoms with E-state index in [4.69, 9.17) is 10.6 Å². The van der Waals surface area contributed by atoms with Crippen LogP contribution in [0.25, 0.3) is 16.5 Å². The number of pyridine rings is 1. The van der Waals surface area contributed by atoms with Gasteiger partial charge in [0.15, 0.2) is 6.23 Å². The van der Waals surface area contributed by atoms with Gasteiger partial charge in [0.2, 0.25) is 0 Å². The zero-order valence-electron chi connectivity index (χ0n) is 12.6. The number of nitrogens with zero attached hydrogens (tertiary/aromatic N) is 2. The Balaban J connectivity index is 1.69. The van der Waals surface area contributed by atoms with E-state index in [1.165, 1.54) is 16.3 Å². The van der Waals surface area contributed by atoms with Gasteiger partial charge in [-0.15, -0.1) is 0 Å². The van der Waals surface area contributed by atoms with Crippen LogP contribution in [0.3, 0.4) is 0 Å². The quantitative estimate of drug-likeness (QED) is 0.806. The summed E-state index contributed by atoms with van der Waals surface area (Å²) in [5, 5.41) is 4.30. The maximum Gasteiger partial charge on any atom is 0.155 e. The van der Waals surface area contributed by atoms with Crippen LogP contribution in [-0.2, 0) is 11.4 Å². The number of aromatic nitrogens is 1. The fourth-order valence-electron chi connectivity index (χ4n) is 2.93. The summed E-state index contributed by atoms with van der Waals surface area (Å²) in [4.78, 5) is 9.95. The van der Waals surface area contributed by atoms with Crippen LogP contribution in [0.2, 0.25) is 0 Å². The Morgan fingerprint density at radius 2 is 1.91 bits per heavy atom. The lowest BCUT2D eigenvalue weighted by Crippen LogP contribution is -2.25. The number of nitrogens with two attached hydrogens (primary N) is 1. The van der Waals surface area contributed by atoms with E-state index in [2.05, 4.69) is 47.4 Å². The average Bonchev–Trinajstić information content (AvgIpc) is 2.96. The van der Waals surface area contributed by atoms with Gasteiger partial charge in [-0.3, -0.25) is 4.98 Å². The van der Waals surface area contributed by atoms with Crippen molar-refractivity contribution in [2.45, 2.75) is 12.8 Å². The molecule has 0 fully saturated rings. The number of fused-ring (bicyclic) bond motifs is 1. The molecule has 0 saturated carbocycles. The molecule has 1 aliphatic heterocycles. The van der Waals surface area contributed by atoms with Crippen LogP contribution in [0.1, 0.15) is 11.1 Å². The summed E-state index contributed by atoms with van der Waals surface area (Å²) in [6, 6.07) is 18.6. The molecule has 2 aromatic carbocycles. The lowest BCUT2D eigenvalue weighted by atomic mass is 10.0. The van der Waals surface area contributed by atoms with E-state index in [0.29, 0.717) is 6.54 Å². The summed E-state index contributed by atoms with van der Waals surface area (Å²) in [5.41, 5.74) is 9.12. The average molecular weight is 303 g/mol. The zero-order valence-corrected chi connectivity index (χ0v) is 12.6. The van der Waals surface area contributed by atoms with Crippen LogP contribution in [0.4, 0.5) is 0 Å². The van der Waals surface area contributed by atoms with E-state index in [1.54, 1.807) is 6.20 Å². The summed E-state index contributed by atoms with van der Waals surface area (Å²) in [6.45, 7) is 0.635. The Hall–Kier alpha value is -2.69. The number of hydroxylamine groups is 2. The molecule has 0 radical (unpaired) electrons. The molecule has 0 bridgehead atoms. The monoisotopic (exact) mass is 303 g/mol. The first-order valence-corrected chi connectivity index (χ1v) is 7.60. The van der Waals surface area contributed by atoms with Crippen molar-refractivity contribution in [3.63, 3.8) is 0 Å². The molecule has 0 spiro atoms. The fourth-order valence-corrected chi connectivity index (χ4v) is 2.93. The van der Waals surface area contributed by atoms with E-state index < -0.39 is 6.23 Å². The Bertz CT molecular complexity index is 855. The summed E-state index contributed by atoms with van der Waals surface area (Å²) in [5.74, 6) is 0. The predicted molar refractivity (Wildman–Crippen MR) is 90.8 cm³/mol. The van der Waals surface area contributed by atoms with Gasteiger partial charge in [0.05, 0.1) is 12.2 Å². The van der Waals surface area contributed by atoms with E-state index in [1.807, 2.05) is 29.5 Å². The first-order chi connectivity index (χ1) is 11.3. The maximum absolute atomic E-state index is 5.96. The van der Waals surface area contributed by atoms with Gasteiger partial charge in [0.25, 0.3) is 0 Å². The van der Waals surface area contributed by atoms with Crippen molar-refractivity contribution >= 4 is 16.5 Å². The van der Waals surface area contributed by atoms with Gasteiger partial charge < -0.3 is 5.73 Å². The van der Waals surface area contributed by atoms with E-state index in [-0.39, 0.29) is 0 Å². The Labute approximate surface area is 134 Å². The highest BCUT2D eigenvalue weighted by Crippen LogP contribution is 2.29. The SMILES string of the molecule is NC1C=C(c2cccnc2)N(Cc2cccc3ccccc23)O1. The number of rotatable bonds is 3. The molecule has 0 saturated heterocycles.